The normalized spacial score (nSPS) is 26.7. The van der Waals surface area contributed by atoms with Gasteiger partial charge in [0.05, 0.1) is 0 Å². The minimum Gasteiger partial charge on any atom is -0.356 e. The summed E-state index contributed by atoms with van der Waals surface area (Å²) in [4.78, 5) is 14.0. The van der Waals surface area contributed by atoms with Crippen LogP contribution in [0.5, 0.6) is 0 Å². The van der Waals surface area contributed by atoms with Crippen LogP contribution in [0.25, 0.3) is 0 Å². The largest absolute Gasteiger partial charge is 0.356 e. The average Bonchev–Trinajstić information content (AvgIpc) is 2.47. The number of hydrogen-bond donors (Lipinski definition) is 0. The summed E-state index contributed by atoms with van der Waals surface area (Å²) in [5.74, 6) is 2.66. The fourth-order valence-corrected chi connectivity index (χ4v) is 4.00. The number of likely N-dealkylation sites (tertiary alicyclic amines) is 1. The lowest BCUT2D eigenvalue weighted by Crippen LogP contribution is -2.53. The molecule has 116 valence electrons. The maximum atomic E-state index is 6.18. The maximum Gasteiger partial charge on any atom is 0.134 e. The van der Waals surface area contributed by atoms with Crippen molar-refractivity contribution in [1.29, 1.82) is 0 Å². The quantitative estimate of drug-likeness (QED) is 0.804. The van der Waals surface area contributed by atoms with Gasteiger partial charge in [-0.2, -0.15) is 0 Å². The molecule has 1 aromatic heterocycles. The molecule has 2 aliphatic rings. The van der Waals surface area contributed by atoms with Gasteiger partial charge in [-0.05, 0) is 45.2 Å². The summed E-state index contributed by atoms with van der Waals surface area (Å²) in [5.41, 5.74) is 0. The smallest absolute Gasteiger partial charge is 0.134 e. The highest BCUT2D eigenvalue weighted by Crippen LogP contribution is 2.31. The molecule has 0 N–H and O–H groups in total. The summed E-state index contributed by atoms with van der Waals surface area (Å²) in [7, 11) is 2.27. The molecule has 2 atom stereocenters. The molecule has 0 radical (unpaired) electrons. The van der Waals surface area contributed by atoms with Crippen LogP contribution in [0.2, 0.25) is 5.15 Å². The van der Waals surface area contributed by atoms with Gasteiger partial charge in [0.1, 0.15) is 16.8 Å². The molecule has 4 nitrogen and oxygen atoms in total. The topological polar surface area (TPSA) is 32.3 Å². The molecule has 2 saturated heterocycles. The van der Waals surface area contributed by atoms with Crippen molar-refractivity contribution in [3.63, 3.8) is 0 Å². The number of fused-ring (bicyclic) bond motifs is 1. The molecule has 0 aromatic carbocycles. The zero-order valence-corrected chi connectivity index (χ0v) is 13.8. The van der Waals surface area contributed by atoms with Crippen LogP contribution < -0.4 is 4.90 Å². The van der Waals surface area contributed by atoms with Gasteiger partial charge in [-0.25, -0.2) is 9.97 Å². The third-order valence-corrected chi connectivity index (χ3v) is 5.06. The van der Waals surface area contributed by atoms with Gasteiger partial charge in [0.2, 0.25) is 0 Å². The highest BCUT2D eigenvalue weighted by atomic mass is 35.5. The van der Waals surface area contributed by atoms with E-state index in [2.05, 4.69) is 28.8 Å². The molecular weight excluding hydrogens is 284 g/mol. The molecule has 2 fully saturated rings. The number of piperidine rings is 2. The van der Waals surface area contributed by atoms with E-state index >= 15 is 0 Å². The second-order valence-corrected chi connectivity index (χ2v) is 6.79. The predicted octanol–water partition coefficient (Wildman–Crippen LogP) is 3.00. The Labute approximate surface area is 132 Å². The standard InChI is InChI=1S/C16H25ClN4/c1-3-5-15-18-14(17)10-16(19-15)21-9-7-13-12(11-21)6-4-8-20(13)2/h10,12-13H,3-9,11H2,1-2H3. The number of rotatable bonds is 3. The predicted molar refractivity (Wildman–Crippen MR) is 87.0 cm³/mol. The maximum absolute atomic E-state index is 6.18. The molecule has 0 amide bonds. The van der Waals surface area contributed by atoms with E-state index in [1.54, 1.807) is 0 Å². The van der Waals surface area contributed by atoms with Gasteiger partial charge in [0, 0.05) is 31.6 Å². The van der Waals surface area contributed by atoms with Crippen molar-refractivity contribution in [2.45, 2.75) is 45.1 Å². The molecule has 3 heterocycles. The van der Waals surface area contributed by atoms with Crippen LogP contribution in [-0.2, 0) is 6.42 Å². The van der Waals surface area contributed by atoms with Crippen LogP contribution in [0.15, 0.2) is 6.07 Å². The number of nitrogens with zero attached hydrogens (tertiary/aromatic N) is 4. The molecule has 21 heavy (non-hydrogen) atoms. The van der Waals surface area contributed by atoms with Crippen molar-refractivity contribution in [2.24, 2.45) is 5.92 Å². The molecule has 3 rings (SSSR count). The van der Waals surface area contributed by atoms with E-state index in [1.165, 1.54) is 25.8 Å². The molecule has 1 aromatic rings. The molecule has 0 spiro atoms. The fourth-order valence-electron chi connectivity index (χ4n) is 3.81. The van der Waals surface area contributed by atoms with E-state index in [9.17, 15) is 0 Å². The van der Waals surface area contributed by atoms with E-state index in [0.29, 0.717) is 5.15 Å². The number of aromatic nitrogens is 2. The van der Waals surface area contributed by atoms with Crippen molar-refractivity contribution in [3.05, 3.63) is 17.0 Å². The third kappa shape index (κ3) is 3.32. The fraction of sp³-hybridized carbons (Fsp3) is 0.750. The Balaban J connectivity index is 1.75. The van der Waals surface area contributed by atoms with Crippen LogP contribution in [0.1, 0.15) is 38.4 Å². The van der Waals surface area contributed by atoms with Gasteiger partial charge in [-0.1, -0.05) is 18.5 Å². The first kappa shape index (κ1) is 15.0. The van der Waals surface area contributed by atoms with Crippen LogP contribution in [0, 0.1) is 5.92 Å². The van der Waals surface area contributed by atoms with Crippen LogP contribution in [0.4, 0.5) is 5.82 Å². The van der Waals surface area contributed by atoms with Crippen LogP contribution in [0.3, 0.4) is 0 Å². The van der Waals surface area contributed by atoms with Crippen molar-refractivity contribution in [3.8, 4) is 0 Å². The van der Waals surface area contributed by atoms with Gasteiger partial charge in [0.25, 0.3) is 0 Å². The average molecular weight is 309 g/mol. The highest BCUT2D eigenvalue weighted by molar-refractivity contribution is 6.29. The third-order valence-electron chi connectivity index (χ3n) is 4.87. The minimum absolute atomic E-state index is 0.575. The van der Waals surface area contributed by atoms with Crippen molar-refractivity contribution >= 4 is 17.4 Å². The van der Waals surface area contributed by atoms with Crippen molar-refractivity contribution in [2.75, 3.05) is 31.6 Å². The molecular formula is C16H25ClN4. The lowest BCUT2D eigenvalue weighted by Gasteiger charge is -2.46. The minimum atomic E-state index is 0.575. The Morgan fingerprint density at radius 1 is 1.29 bits per heavy atom. The summed E-state index contributed by atoms with van der Waals surface area (Å²) < 4.78 is 0. The summed E-state index contributed by atoms with van der Waals surface area (Å²) in [6.07, 6.45) is 5.83. The van der Waals surface area contributed by atoms with Crippen molar-refractivity contribution < 1.29 is 0 Å². The van der Waals surface area contributed by atoms with E-state index in [-0.39, 0.29) is 0 Å². The first-order valence-electron chi connectivity index (χ1n) is 8.16. The number of aryl methyl sites for hydroxylation is 1. The van der Waals surface area contributed by atoms with E-state index in [0.717, 1.165) is 49.5 Å². The van der Waals surface area contributed by atoms with Gasteiger partial charge < -0.3 is 9.80 Å². The van der Waals surface area contributed by atoms with Gasteiger partial charge in [-0.15, -0.1) is 0 Å². The molecule has 0 bridgehead atoms. The number of anilines is 1. The Morgan fingerprint density at radius 3 is 2.95 bits per heavy atom. The molecule has 5 heteroatoms. The monoisotopic (exact) mass is 308 g/mol. The van der Waals surface area contributed by atoms with Crippen LogP contribution >= 0.6 is 11.6 Å². The molecule has 2 unspecified atom stereocenters. The first-order chi connectivity index (χ1) is 10.2. The summed E-state index contributed by atoms with van der Waals surface area (Å²) >= 11 is 6.18. The van der Waals surface area contributed by atoms with Gasteiger partial charge in [-0.3, -0.25) is 0 Å². The second-order valence-electron chi connectivity index (χ2n) is 6.40. The van der Waals surface area contributed by atoms with Gasteiger partial charge in [0.15, 0.2) is 0 Å². The van der Waals surface area contributed by atoms with Gasteiger partial charge >= 0.3 is 0 Å². The molecule has 2 aliphatic heterocycles. The lowest BCUT2D eigenvalue weighted by atomic mass is 9.84. The molecule has 0 saturated carbocycles. The highest BCUT2D eigenvalue weighted by Gasteiger charge is 2.34. The van der Waals surface area contributed by atoms with Crippen LogP contribution in [-0.4, -0.2) is 47.6 Å². The number of halogens is 1. The second kappa shape index (κ2) is 6.49. The van der Waals surface area contributed by atoms with E-state index in [1.807, 2.05) is 6.07 Å². The number of hydrogen-bond acceptors (Lipinski definition) is 4. The van der Waals surface area contributed by atoms with E-state index < -0.39 is 0 Å². The summed E-state index contributed by atoms with van der Waals surface area (Å²) in [5, 5.41) is 0.575. The van der Waals surface area contributed by atoms with E-state index in [4.69, 9.17) is 16.6 Å². The SMILES string of the molecule is CCCc1nc(Cl)cc(N2CCC3C(CCCN3C)C2)n1. The van der Waals surface area contributed by atoms with Crippen molar-refractivity contribution in [1.82, 2.24) is 14.9 Å². The summed E-state index contributed by atoms with van der Waals surface area (Å²) in [6, 6.07) is 2.68. The Hall–Kier alpha value is -0.870. The zero-order valence-electron chi connectivity index (χ0n) is 13.1. The lowest BCUT2D eigenvalue weighted by molar-refractivity contribution is 0.102. The Bertz CT molecular complexity index is 493. The zero-order chi connectivity index (χ0) is 14.8. The first-order valence-corrected chi connectivity index (χ1v) is 8.54. The molecule has 0 aliphatic carbocycles. The summed E-state index contributed by atoms with van der Waals surface area (Å²) in [6.45, 7) is 5.58. The Morgan fingerprint density at radius 2 is 2.14 bits per heavy atom. The Kier molecular flexibility index (Phi) is 4.65.